The molecule has 0 bridgehead atoms. The molecule has 1 aliphatic carbocycles. The quantitative estimate of drug-likeness (QED) is 0.756. The second-order valence-corrected chi connectivity index (χ2v) is 5.56. The van der Waals surface area contributed by atoms with Crippen LogP contribution in [0.5, 0.6) is 0 Å². The van der Waals surface area contributed by atoms with E-state index >= 15 is 0 Å². The van der Waals surface area contributed by atoms with E-state index in [9.17, 15) is 4.39 Å². The number of nitrogens with one attached hydrogen (secondary N) is 1. The molecule has 106 valence electrons. The largest absolute Gasteiger partial charge is 0.396 e. The van der Waals surface area contributed by atoms with E-state index in [1.807, 2.05) is 12.1 Å². The summed E-state index contributed by atoms with van der Waals surface area (Å²) in [7, 11) is 0. The Hall–Kier alpha value is -0.930. The van der Waals surface area contributed by atoms with E-state index in [4.69, 9.17) is 5.11 Å². The predicted octanol–water partition coefficient (Wildman–Crippen LogP) is 3.28. The molecule has 0 saturated heterocycles. The summed E-state index contributed by atoms with van der Waals surface area (Å²) in [5, 5.41) is 12.7. The second-order valence-electron chi connectivity index (χ2n) is 5.56. The lowest BCUT2D eigenvalue weighted by molar-refractivity contribution is 0.247. The van der Waals surface area contributed by atoms with Gasteiger partial charge in [-0.1, -0.05) is 25.5 Å². The van der Waals surface area contributed by atoms with Gasteiger partial charge in [0.25, 0.3) is 0 Å². The van der Waals surface area contributed by atoms with Crippen molar-refractivity contribution in [3.63, 3.8) is 0 Å². The van der Waals surface area contributed by atoms with E-state index in [0.717, 1.165) is 19.4 Å². The number of hydrogen-bond acceptors (Lipinski definition) is 2. The van der Waals surface area contributed by atoms with E-state index in [0.29, 0.717) is 17.9 Å². The van der Waals surface area contributed by atoms with Crippen molar-refractivity contribution < 1.29 is 9.50 Å². The molecule has 0 aliphatic heterocycles. The maximum absolute atomic E-state index is 13.0. The van der Waals surface area contributed by atoms with Crippen LogP contribution in [0.4, 0.5) is 4.39 Å². The molecule has 2 rings (SSSR count). The SMILES string of the molecule is CCC(CCO)CNC(c1ccc(F)cc1)C1CC1. The lowest BCUT2D eigenvalue weighted by Gasteiger charge is -2.22. The molecule has 1 aromatic carbocycles. The second kappa shape index (κ2) is 7.01. The molecule has 0 aromatic heterocycles. The van der Waals surface area contributed by atoms with Gasteiger partial charge in [0.1, 0.15) is 5.82 Å². The Balaban J connectivity index is 1.94. The Morgan fingerprint density at radius 2 is 2.00 bits per heavy atom. The third kappa shape index (κ3) is 4.29. The molecule has 2 atom stereocenters. The molecule has 3 heteroatoms. The number of rotatable bonds is 8. The Morgan fingerprint density at radius 3 is 2.53 bits per heavy atom. The smallest absolute Gasteiger partial charge is 0.123 e. The van der Waals surface area contributed by atoms with Crippen LogP contribution in [0.1, 0.15) is 44.2 Å². The first kappa shape index (κ1) is 14.5. The van der Waals surface area contributed by atoms with Gasteiger partial charge in [-0.2, -0.15) is 0 Å². The molecule has 0 amide bonds. The molecule has 0 radical (unpaired) electrons. The summed E-state index contributed by atoms with van der Waals surface area (Å²) >= 11 is 0. The zero-order valence-electron chi connectivity index (χ0n) is 11.6. The molecule has 1 aliphatic rings. The molecule has 1 fully saturated rings. The zero-order valence-corrected chi connectivity index (χ0v) is 11.6. The number of aliphatic hydroxyl groups excluding tert-OH is 1. The highest BCUT2D eigenvalue weighted by Crippen LogP contribution is 2.41. The van der Waals surface area contributed by atoms with Crippen LogP contribution in [-0.4, -0.2) is 18.3 Å². The van der Waals surface area contributed by atoms with Crippen molar-refractivity contribution in [1.29, 1.82) is 0 Å². The standard InChI is InChI=1S/C16H24FNO/c1-2-12(9-10-19)11-18-16(13-3-4-13)14-5-7-15(17)8-6-14/h5-8,12-13,16,18-19H,2-4,9-11H2,1H3. The van der Waals surface area contributed by atoms with E-state index in [2.05, 4.69) is 12.2 Å². The van der Waals surface area contributed by atoms with E-state index < -0.39 is 0 Å². The number of aliphatic hydroxyl groups is 1. The first-order chi connectivity index (χ1) is 9.24. The van der Waals surface area contributed by atoms with Crippen LogP contribution in [0.2, 0.25) is 0 Å². The average molecular weight is 265 g/mol. The highest BCUT2D eigenvalue weighted by molar-refractivity contribution is 5.22. The van der Waals surface area contributed by atoms with Gasteiger partial charge in [-0.3, -0.25) is 0 Å². The molecular formula is C16H24FNO. The van der Waals surface area contributed by atoms with Crippen molar-refractivity contribution in [3.8, 4) is 0 Å². The molecule has 2 unspecified atom stereocenters. The van der Waals surface area contributed by atoms with Gasteiger partial charge in [-0.05, 0) is 55.3 Å². The van der Waals surface area contributed by atoms with Gasteiger partial charge in [0.2, 0.25) is 0 Å². The third-order valence-corrected chi connectivity index (χ3v) is 4.06. The Bertz CT molecular complexity index is 375. The summed E-state index contributed by atoms with van der Waals surface area (Å²) in [5.41, 5.74) is 1.18. The van der Waals surface area contributed by atoms with Gasteiger partial charge < -0.3 is 10.4 Å². The van der Waals surface area contributed by atoms with Gasteiger partial charge >= 0.3 is 0 Å². The van der Waals surface area contributed by atoms with Gasteiger partial charge in [-0.15, -0.1) is 0 Å². The molecule has 19 heavy (non-hydrogen) atoms. The molecule has 1 saturated carbocycles. The molecule has 0 spiro atoms. The van der Waals surface area contributed by atoms with Crippen molar-refractivity contribution in [2.45, 2.75) is 38.6 Å². The highest BCUT2D eigenvalue weighted by Gasteiger charge is 2.32. The van der Waals surface area contributed by atoms with Gasteiger partial charge in [0.15, 0.2) is 0 Å². The van der Waals surface area contributed by atoms with Crippen molar-refractivity contribution in [1.82, 2.24) is 5.32 Å². The predicted molar refractivity (Wildman–Crippen MR) is 75.4 cm³/mol. The molecule has 2 nitrogen and oxygen atoms in total. The minimum absolute atomic E-state index is 0.176. The van der Waals surface area contributed by atoms with Crippen LogP contribution in [0, 0.1) is 17.7 Å². The Morgan fingerprint density at radius 1 is 1.32 bits per heavy atom. The van der Waals surface area contributed by atoms with Crippen molar-refractivity contribution >= 4 is 0 Å². The fourth-order valence-corrected chi connectivity index (χ4v) is 2.58. The maximum Gasteiger partial charge on any atom is 0.123 e. The topological polar surface area (TPSA) is 32.3 Å². The third-order valence-electron chi connectivity index (χ3n) is 4.06. The maximum atomic E-state index is 13.0. The first-order valence-electron chi connectivity index (χ1n) is 7.34. The summed E-state index contributed by atoms with van der Waals surface area (Å²) in [6, 6.07) is 7.19. The number of benzene rings is 1. The Labute approximate surface area is 115 Å². The van der Waals surface area contributed by atoms with Gasteiger partial charge in [-0.25, -0.2) is 4.39 Å². The first-order valence-corrected chi connectivity index (χ1v) is 7.34. The van der Waals surface area contributed by atoms with E-state index in [1.54, 1.807) is 0 Å². The molecule has 2 N–H and O–H groups in total. The van der Waals surface area contributed by atoms with Crippen LogP contribution in [0.3, 0.4) is 0 Å². The van der Waals surface area contributed by atoms with Crippen LogP contribution < -0.4 is 5.32 Å². The van der Waals surface area contributed by atoms with Gasteiger partial charge in [0, 0.05) is 12.6 Å². The summed E-state index contributed by atoms with van der Waals surface area (Å²) in [5.74, 6) is 1.04. The molecule has 0 heterocycles. The molecule has 1 aromatic rings. The fraction of sp³-hybridized carbons (Fsp3) is 0.625. The monoisotopic (exact) mass is 265 g/mol. The van der Waals surface area contributed by atoms with Crippen LogP contribution in [0.25, 0.3) is 0 Å². The number of hydrogen-bond donors (Lipinski definition) is 2. The normalized spacial score (nSPS) is 18.3. The fourth-order valence-electron chi connectivity index (χ4n) is 2.58. The summed E-state index contributed by atoms with van der Waals surface area (Å²) in [6.45, 7) is 3.34. The molecular weight excluding hydrogens is 241 g/mol. The van der Waals surface area contributed by atoms with Crippen molar-refractivity contribution in [3.05, 3.63) is 35.6 Å². The minimum atomic E-state index is -0.176. The summed E-state index contributed by atoms with van der Waals surface area (Å²) in [6.07, 6.45) is 4.44. The highest BCUT2D eigenvalue weighted by atomic mass is 19.1. The lowest BCUT2D eigenvalue weighted by atomic mass is 9.99. The van der Waals surface area contributed by atoms with Gasteiger partial charge in [0.05, 0.1) is 0 Å². The summed E-state index contributed by atoms with van der Waals surface area (Å²) in [4.78, 5) is 0. The zero-order chi connectivity index (χ0) is 13.7. The van der Waals surface area contributed by atoms with Crippen LogP contribution >= 0.6 is 0 Å². The van der Waals surface area contributed by atoms with Crippen molar-refractivity contribution in [2.75, 3.05) is 13.2 Å². The minimum Gasteiger partial charge on any atom is -0.396 e. The lowest BCUT2D eigenvalue weighted by Crippen LogP contribution is -2.29. The van der Waals surface area contributed by atoms with Crippen LogP contribution in [-0.2, 0) is 0 Å². The van der Waals surface area contributed by atoms with Crippen molar-refractivity contribution in [2.24, 2.45) is 11.8 Å². The van der Waals surface area contributed by atoms with E-state index in [-0.39, 0.29) is 12.4 Å². The van der Waals surface area contributed by atoms with Crippen LogP contribution in [0.15, 0.2) is 24.3 Å². The number of halogens is 1. The summed E-state index contributed by atoms with van der Waals surface area (Å²) < 4.78 is 13.0. The Kier molecular flexibility index (Phi) is 5.34. The average Bonchev–Trinajstić information content (AvgIpc) is 3.24. The van der Waals surface area contributed by atoms with E-state index in [1.165, 1.54) is 30.5 Å².